The van der Waals surface area contributed by atoms with E-state index in [4.69, 9.17) is 17.3 Å². The van der Waals surface area contributed by atoms with Gasteiger partial charge in [0, 0.05) is 23.8 Å². The fraction of sp³-hybridized carbons (Fsp3) is 0.438. The van der Waals surface area contributed by atoms with E-state index in [0.29, 0.717) is 5.92 Å². The molecule has 0 aliphatic rings. The quantitative estimate of drug-likeness (QED) is 0.879. The number of rotatable bonds is 6. The summed E-state index contributed by atoms with van der Waals surface area (Å²) in [6.07, 6.45) is 5.68. The van der Waals surface area contributed by atoms with Gasteiger partial charge in [0.1, 0.15) is 0 Å². The monoisotopic (exact) mass is 291 g/mol. The van der Waals surface area contributed by atoms with Crippen molar-refractivity contribution in [3.8, 4) is 0 Å². The molecule has 0 saturated carbocycles. The maximum atomic E-state index is 6.25. The van der Waals surface area contributed by atoms with Crippen LogP contribution in [0.15, 0.2) is 36.8 Å². The largest absolute Gasteiger partial charge is 0.333 e. The number of hydrogen-bond acceptors (Lipinski definition) is 2. The van der Waals surface area contributed by atoms with E-state index in [1.54, 1.807) is 0 Å². The lowest BCUT2D eigenvalue weighted by molar-refractivity contribution is 0.483. The van der Waals surface area contributed by atoms with Crippen LogP contribution >= 0.6 is 11.6 Å². The predicted molar refractivity (Wildman–Crippen MR) is 83.8 cm³/mol. The summed E-state index contributed by atoms with van der Waals surface area (Å²) < 4.78 is 2.15. The smallest absolute Gasteiger partial charge is 0.0948 e. The average Bonchev–Trinajstić information content (AvgIpc) is 2.86. The number of hydrogen-bond donors (Lipinski definition) is 1. The van der Waals surface area contributed by atoms with Gasteiger partial charge in [-0.1, -0.05) is 37.6 Å². The summed E-state index contributed by atoms with van der Waals surface area (Å²) in [7, 11) is 0. The standard InChI is InChI=1S/C16H22ClN3/c1-12(2)9-15(18)16-10-19-11-20(16)8-7-13-3-5-14(17)6-4-13/h3-6,10-12,15H,7-9,18H2,1-2H3. The molecule has 3 nitrogen and oxygen atoms in total. The molecule has 0 radical (unpaired) electrons. The van der Waals surface area contributed by atoms with Crippen molar-refractivity contribution in [1.29, 1.82) is 0 Å². The van der Waals surface area contributed by atoms with E-state index in [1.165, 1.54) is 5.56 Å². The van der Waals surface area contributed by atoms with Gasteiger partial charge in [0.05, 0.1) is 12.0 Å². The highest BCUT2D eigenvalue weighted by molar-refractivity contribution is 6.30. The maximum absolute atomic E-state index is 6.25. The van der Waals surface area contributed by atoms with Crippen LogP contribution in [0.25, 0.3) is 0 Å². The summed E-state index contributed by atoms with van der Waals surface area (Å²) in [5, 5.41) is 0.774. The summed E-state index contributed by atoms with van der Waals surface area (Å²) >= 11 is 5.89. The fourth-order valence-corrected chi connectivity index (χ4v) is 2.48. The Bertz CT molecular complexity index is 531. The van der Waals surface area contributed by atoms with Crippen molar-refractivity contribution >= 4 is 11.6 Å². The molecule has 20 heavy (non-hydrogen) atoms. The molecule has 0 aliphatic heterocycles. The Balaban J connectivity index is 2.00. The lowest BCUT2D eigenvalue weighted by atomic mass is 10.0. The highest BCUT2D eigenvalue weighted by atomic mass is 35.5. The zero-order valence-corrected chi connectivity index (χ0v) is 12.8. The first-order chi connectivity index (χ1) is 9.56. The Labute approximate surface area is 125 Å². The minimum Gasteiger partial charge on any atom is -0.333 e. The highest BCUT2D eigenvalue weighted by Gasteiger charge is 2.13. The molecule has 0 saturated heterocycles. The number of nitrogens with zero attached hydrogens (tertiary/aromatic N) is 2. The van der Waals surface area contributed by atoms with E-state index < -0.39 is 0 Å². The van der Waals surface area contributed by atoms with E-state index in [0.717, 1.165) is 30.1 Å². The zero-order chi connectivity index (χ0) is 14.5. The van der Waals surface area contributed by atoms with E-state index in [1.807, 2.05) is 24.7 Å². The second-order valence-corrected chi connectivity index (χ2v) is 6.06. The van der Waals surface area contributed by atoms with Crippen molar-refractivity contribution in [1.82, 2.24) is 9.55 Å². The molecule has 0 aliphatic carbocycles. The lowest BCUT2D eigenvalue weighted by Crippen LogP contribution is -2.17. The number of aromatic nitrogens is 2. The van der Waals surface area contributed by atoms with Gasteiger partial charge in [0.2, 0.25) is 0 Å². The van der Waals surface area contributed by atoms with E-state index in [2.05, 4.69) is 35.5 Å². The van der Waals surface area contributed by atoms with Gasteiger partial charge >= 0.3 is 0 Å². The van der Waals surface area contributed by atoms with Crippen LogP contribution in [-0.4, -0.2) is 9.55 Å². The molecule has 4 heteroatoms. The molecule has 0 spiro atoms. The molecule has 0 bridgehead atoms. The minimum absolute atomic E-state index is 0.0581. The molecule has 108 valence electrons. The predicted octanol–water partition coefficient (Wildman–Crippen LogP) is 3.83. The second kappa shape index (κ2) is 6.91. The van der Waals surface area contributed by atoms with Gasteiger partial charge in [-0.3, -0.25) is 0 Å². The fourth-order valence-electron chi connectivity index (χ4n) is 2.36. The first-order valence-electron chi connectivity index (χ1n) is 7.06. The summed E-state index contributed by atoms with van der Waals surface area (Å²) in [5.74, 6) is 0.588. The van der Waals surface area contributed by atoms with Crippen LogP contribution in [0.4, 0.5) is 0 Å². The number of imidazole rings is 1. The van der Waals surface area contributed by atoms with Crippen LogP contribution in [0.5, 0.6) is 0 Å². The zero-order valence-electron chi connectivity index (χ0n) is 12.1. The van der Waals surface area contributed by atoms with Gasteiger partial charge in [-0.25, -0.2) is 4.98 Å². The Morgan fingerprint density at radius 1 is 1.25 bits per heavy atom. The van der Waals surface area contributed by atoms with Crippen molar-refractivity contribution in [2.45, 2.75) is 39.3 Å². The number of aryl methyl sites for hydroxylation is 2. The van der Waals surface area contributed by atoms with E-state index >= 15 is 0 Å². The Morgan fingerprint density at radius 2 is 1.95 bits per heavy atom. The van der Waals surface area contributed by atoms with Crippen molar-refractivity contribution in [3.63, 3.8) is 0 Å². The number of nitrogens with two attached hydrogens (primary N) is 1. The molecule has 0 fully saturated rings. The molecular weight excluding hydrogens is 270 g/mol. The summed E-state index contributed by atoms with van der Waals surface area (Å²) in [5.41, 5.74) is 8.64. The van der Waals surface area contributed by atoms with Crippen LogP contribution in [0.2, 0.25) is 5.02 Å². The molecule has 1 aromatic carbocycles. The van der Waals surface area contributed by atoms with Crippen LogP contribution in [-0.2, 0) is 13.0 Å². The Morgan fingerprint density at radius 3 is 2.60 bits per heavy atom. The van der Waals surface area contributed by atoms with Crippen molar-refractivity contribution in [3.05, 3.63) is 53.1 Å². The van der Waals surface area contributed by atoms with Gasteiger partial charge < -0.3 is 10.3 Å². The van der Waals surface area contributed by atoms with Crippen molar-refractivity contribution < 1.29 is 0 Å². The van der Waals surface area contributed by atoms with Crippen molar-refractivity contribution in [2.75, 3.05) is 0 Å². The summed E-state index contributed by atoms with van der Waals surface area (Å²) in [6, 6.07) is 8.04. The van der Waals surface area contributed by atoms with Gasteiger partial charge in [0.15, 0.2) is 0 Å². The summed E-state index contributed by atoms with van der Waals surface area (Å²) in [6.45, 7) is 5.27. The Kier molecular flexibility index (Phi) is 5.21. The molecule has 2 rings (SSSR count). The van der Waals surface area contributed by atoms with Gasteiger partial charge in [-0.15, -0.1) is 0 Å². The van der Waals surface area contributed by atoms with Crippen LogP contribution in [0.1, 0.15) is 37.6 Å². The third kappa shape index (κ3) is 4.09. The van der Waals surface area contributed by atoms with Crippen LogP contribution in [0, 0.1) is 5.92 Å². The lowest BCUT2D eigenvalue weighted by Gasteiger charge is -2.16. The second-order valence-electron chi connectivity index (χ2n) is 5.62. The molecule has 1 unspecified atom stereocenters. The SMILES string of the molecule is CC(C)CC(N)c1cncn1CCc1ccc(Cl)cc1. The third-order valence-electron chi connectivity index (χ3n) is 3.40. The van der Waals surface area contributed by atoms with Crippen LogP contribution < -0.4 is 5.73 Å². The van der Waals surface area contributed by atoms with E-state index in [-0.39, 0.29) is 6.04 Å². The molecule has 1 aromatic heterocycles. The molecular formula is C16H22ClN3. The molecule has 1 atom stereocenters. The van der Waals surface area contributed by atoms with Crippen molar-refractivity contribution in [2.24, 2.45) is 11.7 Å². The molecule has 1 heterocycles. The molecule has 2 aromatic rings. The average molecular weight is 292 g/mol. The van der Waals surface area contributed by atoms with E-state index in [9.17, 15) is 0 Å². The maximum Gasteiger partial charge on any atom is 0.0948 e. The first-order valence-corrected chi connectivity index (χ1v) is 7.44. The molecule has 2 N–H and O–H groups in total. The normalized spacial score (nSPS) is 12.8. The number of halogens is 1. The minimum atomic E-state index is 0.0581. The first kappa shape index (κ1) is 15.1. The van der Waals surface area contributed by atoms with Gasteiger partial charge in [-0.2, -0.15) is 0 Å². The number of benzene rings is 1. The Hall–Kier alpha value is -1.32. The third-order valence-corrected chi connectivity index (χ3v) is 3.66. The highest BCUT2D eigenvalue weighted by Crippen LogP contribution is 2.19. The van der Waals surface area contributed by atoms with Crippen LogP contribution in [0.3, 0.4) is 0 Å². The van der Waals surface area contributed by atoms with Gasteiger partial charge in [0.25, 0.3) is 0 Å². The topological polar surface area (TPSA) is 43.8 Å². The summed E-state index contributed by atoms with van der Waals surface area (Å²) in [4.78, 5) is 4.24. The molecule has 0 amide bonds. The van der Waals surface area contributed by atoms with Gasteiger partial charge in [-0.05, 0) is 36.5 Å².